The van der Waals surface area contributed by atoms with Crippen molar-refractivity contribution in [3.05, 3.63) is 64.9 Å². The summed E-state index contributed by atoms with van der Waals surface area (Å²) in [6.07, 6.45) is 0. The highest BCUT2D eigenvalue weighted by molar-refractivity contribution is 6.52. The largest absolute Gasteiger partial charge is 0.497 e. The first kappa shape index (κ1) is 19.4. The number of methoxy groups -OCH3 is 1. The summed E-state index contributed by atoms with van der Waals surface area (Å²) < 4.78 is 15.6. The van der Waals surface area contributed by atoms with Crippen LogP contribution in [0.25, 0.3) is 0 Å². The van der Waals surface area contributed by atoms with Crippen molar-refractivity contribution in [2.24, 2.45) is 0 Å². The van der Waals surface area contributed by atoms with Crippen LogP contribution in [0.1, 0.15) is 17.3 Å². The highest BCUT2D eigenvalue weighted by Crippen LogP contribution is 2.32. The number of carbonyl (C=O) groups excluding carboxylic acids is 3. The molecule has 0 unspecified atom stereocenters. The fourth-order valence-corrected chi connectivity index (χ4v) is 2.75. The Kier molecular flexibility index (Phi) is 5.65. The minimum atomic E-state index is -0.714. The summed E-state index contributed by atoms with van der Waals surface area (Å²) in [6, 6.07) is 12.4. The molecular formula is C20H16ClNO6. The number of hydrogen-bond acceptors (Lipinski definition) is 6. The maximum Gasteiger partial charge on any atom is 0.338 e. The van der Waals surface area contributed by atoms with Crippen molar-refractivity contribution in [1.29, 1.82) is 0 Å². The Bertz CT molecular complexity index is 967. The molecule has 0 radical (unpaired) electrons. The van der Waals surface area contributed by atoms with Crippen LogP contribution in [0.2, 0.25) is 0 Å². The summed E-state index contributed by atoms with van der Waals surface area (Å²) in [6.45, 7) is 1.94. The fraction of sp³-hybridized carbons (Fsp3) is 0.150. The molecule has 0 fully saturated rings. The first-order chi connectivity index (χ1) is 13.5. The van der Waals surface area contributed by atoms with Crippen LogP contribution < -0.4 is 14.4 Å². The van der Waals surface area contributed by atoms with Gasteiger partial charge in [-0.3, -0.25) is 9.59 Å². The summed E-state index contributed by atoms with van der Waals surface area (Å²) in [5.41, 5.74) is 0.557. The Labute approximate surface area is 166 Å². The molecule has 0 atom stereocenters. The van der Waals surface area contributed by atoms with E-state index in [-0.39, 0.29) is 23.1 Å². The van der Waals surface area contributed by atoms with Gasteiger partial charge in [-0.2, -0.15) is 0 Å². The van der Waals surface area contributed by atoms with Crippen molar-refractivity contribution in [3.63, 3.8) is 0 Å². The van der Waals surface area contributed by atoms with Gasteiger partial charge in [-0.25, -0.2) is 9.69 Å². The van der Waals surface area contributed by atoms with E-state index >= 15 is 0 Å². The molecule has 1 aliphatic rings. The number of ether oxygens (including phenoxy) is 3. The summed E-state index contributed by atoms with van der Waals surface area (Å²) in [4.78, 5) is 37.8. The minimum Gasteiger partial charge on any atom is -0.497 e. The van der Waals surface area contributed by atoms with E-state index < -0.39 is 17.8 Å². The number of imide groups is 1. The molecule has 2 amide bonds. The molecule has 1 heterocycles. The lowest BCUT2D eigenvalue weighted by molar-refractivity contribution is -0.121. The molecule has 7 nitrogen and oxygen atoms in total. The molecule has 1 aliphatic heterocycles. The molecule has 0 saturated carbocycles. The fourth-order valence-electron chi connectivity index (χ4n) is 2.55. The number of rotatable bonds is 6. The Morgan fingerprint density at radius 1 is 1.04 bits per heavy atom. The standard InChI is InChI=1S/C20H16ClNO6/c1-3-27-20(25)12-7-9-13(10-8-12)22-18(23)16(21)17(19(22)24)28-15-6-4-5-14(11-15)26-2/h4-11H,3H2,1-2H3. The summed E-state index contributed by atoms with van der Waals surface area (Å²) in [7, 11) is 1.50. The second-order valence-corrected chi connectivity index (χ2v) is 6.02. The molecular weight excluding hydrogens is 386 g/mol. The lowest BCUT2D eigenvalue weighted by Crippen LogP contribution is -2.32. The first-order valence-corrected chi connectivity index (χ1v) is 8.71. The van der Waals surface area contributed by atoms with Crippen LogP contribution in [0.5, 0.6) is 11.5 Å². The van der Waals surface area contributed by atoms with E-state index in [0.29, 0.717) is 17.1 Å². The van der Waals surface area contributed by atoms with Crippen molar-refractivity contribution in [3.8, 4) is 11.5 Å². The van der Waals surface area contributed by atoms with Gasteiger partial charge in [0.25, 0.3) is 5.91 Å². The molecule has 28 heavy (non-hydrogen) atoms. The molecule has 0 saturated heterocycles. The molecule has 0 N–H and O–H groups in total. The van der Waals surface area contributed by atoms with Gasteiger partial charge < -0.3 is 14.2 Å². The SMILES string of the molecule is CCOC(=O)c1ccc(N2C(=O)C(Cl)=C(Oc3cccc(OC)c3)C2=O)cc1. The highest BCUT2D eigenvalue weighted by atomic mass is 35.5. The van der Waals surface area contributed by atoms with Crippen LogP contribution in [0.3, 0.4) is 0 Å². The van der Waals surface area contributed by atoms with E-state index in [2.05, 4.69) is 0 Å². The molecule has 8 heteroatoms. The number of anilines is 1. The summed E-state index contributed by atoms with van der Waals surface area (Å²) >= 11 is 6.05. The van der Waals surface area contributed by atoms with Crippen molar-refractivity contribution in [2.75, 3.05) is 18.6 Å². The zero-order chi connectivity index (χ0) is 20.3. The molecule has 0 aliphatic carbocycles. The smallest absolute Gasteiger partial charge is 0.338 e. The third kappa shape index (κ3) is 3.70. The number of halogens is 1. The number of amides is 2. The third-order valence-electron chi connectivity index (χ3n) is 3.89. The number of nitrogens with zero attached hydrogens (tertiary/aromatic N) is 1. The number of carbonyl (C=O) groups is 3. The van der Waals surface area contributed by atoms with E-state index in [0.717, 1.165) is 4.90 Å². The normalized spacial score (nSPS) is 13.8. The lowest BCUT2D eigenvalue weighted by atomic mass is 10.2. The van der Waals surface area contributed by atoms with Crippen LogP contribution in [-0.2, 0) is 14.3 Å². The lowest BCUT2D eigenvalue weighted by Gasteiger charge is -2.15. The minimum absolute atomic E-state index is 0.244. The molecule has 0 spiro atoms. The van der Waals surface area contributed by atoms with Crippen LogP contribution in [0.15, 0.2) is 59.3 Å². The Morgan fingerprint density at radius 2 is 1.71 bits per heavy atom. The van der Waals surface area contributed by atoms with Crippen molar-refractivity contribution in [1.82, 2.24) is 0 Å². The molecule has 0 aromatic heterocycles. The predicted octanol–water partition coefficient (Wildman–Crippen LogP) is 3.27. The Balaban J connectivity index is 1.83. The maximum absolute atomic E-state index is 12.7. The van der Waals surface area contributed by atoms with E-state index in [1.807, 2.05) is 0 Å². The van der Waals surface area contributed by atoms with Crippen molar-refractivity contribution < 1.29 is 28.6 Å². The Morgan fingerprint density at radius 3 is 2.36 bits per heavy atom. The van der Waals surface area contributed by atoms with Crippen molar-refractivity contribution >= 4 is 35.1 Å². The van der Waals surface area contributed by atoms with Gasteiger partial charge in [-0.05, 0) is 43.3 Å². The van der Waals surface area contributed by atoms with Crippen LogP contribution >= 0.6 is 11.6 Å². The van der Waals surface area contributed by atoms with Crippen LogP contribution in [0, 0.1) is 0 Å². The van der Waals surface area contributed by atoms with Crippen molar-refractivity contribution in [2.45, 2.75) is 6.92 Å². The topological polar surface area (TPSA) is 82.1 Å². The van der Waals surface area contributed by atoms with E-state index in [1.54, 1.807) is 31.2 Å². The number of esters is 1. The number of hydrogen-bond donors (Lipinski definition) is 0. The Hall–Kier alpha value is -3.32. The van der Waals surface area contributed by atoms with Gasteiger partial charge in [0.1, 0.15) is 11.5 Å². The van der Waals surface area contributed by atoms with Crippen LogP contribution in [-0.4, -0.2) is 31.5 Å². The predicted molar refractivity (Wildman–Crippen MR) is 101 cm³/mol. The average molecular weight is 402 g/mol. The van der Waals surface area contributed by atoms with Gasteiger partial charge in [0.15, 0.2) is 5.03 Å². The van der Waals surface area contributed by atoms with Gasteiger partial charge in [0, 0.05) is 6.07 Å². The summed E-state index contributed by atoms with van der Waals surface area (Å²) in [5, 5.41) is -0.331. The van der Waals surface area contributed by atoms with Gasteiger partial charge in [0.2, 0.25) is 5.76 Å². The average Bonchev–Trinajstić information content (AvgIpc) is 2.92. The number of benzene rings is 2. The van der Waals surface area contributed by atoms with Gasteiger partial charge >= 0.3 is 11.9 Å². The molecule has 0 bridgehead atoms. The van der Waals surface area contributed by atoms with E-state index in [1.165, 1.54) is 31.4 Å². The second kappa shape index (κ2) is 8.14. The monoisotopic (exact) mass is 401 g/mol. The van der Waals surface area contributed by atoms with Gasteiger partial charge in [0.05, 0.1) is 25.0 Å². The third-order valence-corrected chi connectivity index (χ3v) is 4.22. The molecule has 3 rings (SSSR count). The van der Waals surface area contributed by atoms with E-state index in [9.17, 15) is 14.4 Å². The van der Waals surface area contributed by atoms with Gasteiger partial charge in [-0.15, -0.1) is 0 Å². The molecule has 2 aromatic rings. The quantitative estimate of drug-likeness (QED) is 0.545. The molecule has 2 aromatic carbocycles. The first-order valence-electron chi connectivity index (χ1n) is 8.34. The second-order valence-electron chi connectivity index (χ2n) is 5.64. The van der Waals surface area contributed by atoms with E-state index in [4.69, 9.17) is 25.8 Å². The van der Waals surface area contributed by atoms with Crippen LogP contribution in [0.4, 0.5) is 5.69 Å². The maximum atomic E-state index is 12.7. The zero-order valence-corrected chi connectivity index (χ0v) is 15.9. The zero-order valence-electron chi connectivity index (χ0n) is 15.1. The highest BCUT2D eigenvalue weighted by Gasteiger charge is 2.40. The summed E-state index contributed by atoms with van der Waals surface area (Å²) in [5.74, 6) is -1.37. The molecule has 144 valence electrons. The van der Waals surface area contributed by atoms with Gasteiger partial charge in [-0.1, -0.05) is 17.7 Å².